The van der Waals surface area contributed by atoms with Crippen LogP contribution >= 0.6 is 0 Å². The van der Waals surface area contributed by atoms with Crippen molar-refractivity contribution in [2.45, 2.75) is 0 Å². The van der Waals surface area contributed by atoms with Crippen LogP contribution in [0, 0.1) is 11.3 Å². The third kappa shape index (κ3) is 2.69. The fourth-order valence-electron chi connectivity index (χ4n) is 3.68. The van der Waals surface area contributed by atoms with Gasteiger partial charge < -0.3 is 19.7 Å². The summed E-state index contributed by atoms with van der Waals surface area (Å²) < 4.78 is 5.05. The number of methoxy groups -OCH3 is 1. The number of amides is 1. The van der Waals surface area contributed by atoms with Gasteiger partial charge in [0.05, 0.1) is 12.9 Å². The predicted molar refractivity (Wildman–Crippen MR) is 82.6 cm³/mol. The summed E-state index contributed by atoms with van der Waals surface area (Å²) >= 11 is 0. The van der Waals surface area contributed by atoms with Crippen LogP contribution in [0.4, 0.5) is 0 Å². The normalized spacial score (nSPS) is 26.5. The van der Waals surface area contributed by atoms with Crippen molar-refractivity contribution in [1.82, 2.24) is 19.8 Å². The summed E-state index contributed by atoms with van der Waals surface area (Å²) in [7, 11) is 1.61. The molecule has 0 unspecified atom stereocenters. The van der Waals surface area contributed by atoms with Crippen LogP contribution in [0.1, 0.15) is 10.4 Å². The minimum absolute atomic E-state index is 0.0609. The highest BCUT2D eigenvalue weighted by Gasteiger charge is 2.58. The summed E-state index contributed by atoms with van der Waals surface area (Å²) in [5.74, 6) is -1.53. The first-order chi connectivity index (χ1) is 11.5. The topological polar surface area (TPSA) is 116 Å². The molecule has 2 N–H and O–H groups in total. The van der Waals surface area contributed by atoms with Crippen LogP contribution in [0.15, 0.2) is 17.3 Å². The number of carbonyl (C=O) groups is 2. The summed E-state index contributed by atoms with van der Waals surface area (Å²) in [5, 5.41) is 9.77. The zero-order chi connectivity index (χ0) is 17.3. The van der Waals surface area contributed by atoms with E-state index in [1.807, 2.05) is 0 Å². The molecule has 0 spiro atoms. The van der Waals surface area contributed by atoms with E-state index in [2.05, 4.69) is 14.9 Å². The fourth-order valence-corrected chi connectivity index (χ4v) is 3.68. The van der Waals surface area contributed by atoms with Crippen LogP contribution in [0.5, 0.6) is 0 Å². The number of rotatable bonds is 5. The maximum absolute atomic E-state index is 12.6. The Labute approximate surface area is 138 Å². The second-order valence-electron chi connectivity index (χ2n) is 6.37. The van der Waals surface area contributed by atoms with E-state index in [1.54, 1.807) is 7.11 Å². The van der Waals surface area contributed by atoms with E-state index in [-0.39, 0.29) is 18.0 Å². The number of aliphatic carboxylic acids is 1. The van der Waals surface area contributed by atoms with Gasteiger partial charge in [0.25, 0.3) is 11.5 Å². The van der Waals surface area contributed by atoms with Crippen LogP contribution < -0.4 is 5.56 Å². The molecule has 9 nitrogen and oxygen atoms in total. The molecule has 9 heteroatoms. The molecule has 0 bridgehead atoms. The van der Waals surface area contributed by atoms with E-state index in [9.17, 15) is 19.5 Å². The molecular weight excluding hydrogens is 316 g/mol. The molecule has 0 aromatic carbocycles. The minimum atomic E-state index is -0.988. The number of nitrogens with one attached hydrogen (secondary N) is 1. The zero-order valence-corrected chi connectivity index (χ0v) is 13.4. The zero-order valence-electron chi connectivity index (χ0n) is 13.4. The maximum Gasteiger partial charge on any atom is 0.313 e. The van der Waals surface area contributed by atoms with Crippen molar-refractivity contribution in [3.05, 3.63) is 28.4 Å². The lowest BCUT2D eigenvalue weighted by atomic mass is 9.81. The second kappa shape index (κ2) is 6.33. The smallest absolute Gasteiger partial charge is 0.313 e. The van der Waals surface area contributed by atoms with Gasteiger partial charge in [0.2, 0.25) is 0 Å². The number of ether oxygens (including phenoxy) is 1. The molecule has 2 saturated heterocycles. The van der Waals surface area contributed by atoms with E-state index < -0.39 is 22.9 Å². The number of nitrogens with zero attached hydrogens (tertiary/aromatic N) is 3. The Bertz CT molecular complexity index is 705. The molecule has 0 aliphatic carbocycles. The summed E-state index contributed by atoms with van der Waals surface area (Å²) in [5.41, 5.74) is -1.56. The average Bonchev–Trinajstić information content (AvgIpc) is 3.07. The number of H-pyrrole nitrogens is 1. The first kappa shape index (κ1) is 16.6. The van der Waals surface area contributed by atoms with Gasteiger partial charge >= 0.3 is 5.97 Å². The molecular formula is C15H20N4O5. The number of aromatic amines is 1. The van der Waals surface area contributed by atoms with Crippen LogP contribution in [-0.4, -0.2) is 83.2 Å². The molecule has 2 aliphatic rings. The minimum Gasteiger partial charge on any atom is -0.481 e. The number of hydrogen-bond acceptors (Lipinski definition) is 6. The monoisotopic (exact) mass is 336 g/mol. The van der Waals surface area contributed by atoms with Gasteiger partial charge in [-0.25, -0.2) is 4.98 Å². The highest BCUT2D eigenvalue weighted by atomic mass is 16.5. The van der Waals surface area contributed by atoms with Gasteiger partial charge in [0, 0.05) is 51.9 Å². The number of aromatic nitrogens is 2. The van der Waals surface area contributed by atoms with Crippen molar-refractivity contribution in [3.8, 4) is 0 Å². The van der Waals surface area contributed by atoms with Gasteiger partial charge in [-0.3, -0.25) is 19.3 Å². The lowest BCUT2D eigenvalue weighted by Crippen LogP contribution is -2.43. The summed E-state index contributed by atoms with van der Waals surface area (Å²) in [6.07, 6.45) is 2.43. The maximum atomic E-state index is 12.6. The van der Waals surface area contributed by atoms with Crippen LogP contribution in [0.25, 0.3) is 0 Å². The van der Waals surface area contributed by atoms with Gasteiger partial charge in [-0.1, -0.05) is 0 Å². The fraction of sp³-hybridized carbons (Fsp3) is 0.600. The number of carboxylic acid groups (broad SMARTS) is 1. The van der Waals surface area contributed by atoms with E-state index in [0.717, 1.165) is 0 Å². The SMILES string of the molecule is COCCN1C[C@@H]2CN(C(=O)c3cnc[nH]c3=O)C[C@]2(C(=O)O)C1. The van der Waals surface area contributed by atoms with Crippen molar-refractivity contribution in [3.63, 3.8) is 0 Å². The van der Waals surface area contributed by atoms with E-state index >= 15 is 0 Å². The molecule has 24 heavy (non-hydrogen) atoms. The molecule has 130 valence electrons. The number of fused-ring (bicyclic) bond motifs is 1. The lowest BCUT2D eigenvalue weighted by Gasteiger charge is -2.25. The van der Waals surface area contributed by atoms with Crippen molar-refractivity contribution in [2.75, 3.05) is 46.4 Å². The van der Waals surface area contributed by atoms with E-state index in [0.29, 0.717) is 32.8 Å². The van der Waals surface area contributed by atoms with Crippen LogP contribution in [-0.2, 0) is 9.53 Å². The number of likely N-dealkylation sites (tertiary alicyclic amines) is 2. The third-order valence-electron chi connectivity index (χ3n) is 4.95. The average molecular weight is 336 g/mol. The molecule has 2 aliphatic heterocycles. The van der Waals surface area contributed by atoms with Crippen molar-refractivity contribution in [2.24, 2.45) is 11.3 Å². The molecule has 0 radical (unpaired) electrons. The second-order valence-corrected chi connectivity index (χ2v) is 6.37. The highest BCUT2D eigenvalue weighted by Crippen LogP contribution is 2.43. The number of carbonyl (C=O) groups excluding carboxylic acids is 1. The van der Waals surface area contributed by atoms with Crippen LogP contribution in [0.2, 0.25) is 0 Å². The molecule has 2 atom stereocenters. The number of carboxylic acids is 1. The van der Waals surface area contributed by atoms with Gasteiger partial charge in [-0.2, -0.15) is 0 Å². The molecule has 1 amide bonds. The number of hydrogen-bond donors (Lipinski definition) is 2. The summed E-state index contributed by atoms with van der Waals surface area (Å²) in [4.78, 5) is 45.9. The Morgan fingerprint density at radius 1 is 1.46 bits per heavy atom. The predicted octanol–water partition coefficient (Wildman–Crippen LogP) is -1.13. The Morgan fingerprint density at radius 3 is 2.88 bits per heavy atom. The standard InChI is InChI=1S/C15H20N4O5/c1-24-3-2-18-5-10-6-19(8-15(10,7-18)14(22)23)13(21)11-4-16-9-17-12(11)20/h4,9-10H,2-3,5-8H2,1H3,(H,22,23)(H,16,17,20)/t10-,15-/m1/s1. The highest BCUT2D eigenvalue weighted by molar-refractivity contribution is 5.94. The Balaban J connectivity index is 1.78. The van der Waals surface area contributed by atoms with E-state index in [1.165, 1.54) is 17.4 Å². The molecule has 3 rings (SSSR count). The Kier molecular flexibility index (Phi) is 4.37. The molecule has 1 aromatic heterocycles. The Morgan fingerprint density at radius 2 is 2.25 bits per heavy atom. The largest absolute Gasteiger partial charge is 0.481 e. The molecule has 0 saturated carbocycles. The van der Waals surface area contributed by atoms with Crippen molar-refractivity contribution in [1.29, 1.82) is 0 Å². The van der Waals surface area contributed by atoms with Gasteiger partial charge in [-0.05, 0) is 0 Å². The summed E-state index contributed by atoms with van der Waals surface area (Å²) in [6, 6.07) is 0. The van der Waals surface area contributed by atoms with Crippen LogP contribution in [0.3, 0.4) is 0 Å². The van der Waals surface area contributed by atoms with Gasteiger partial charge in [0.1, 0.15) is 11.0 Å². The first-order valence-corrected chi connectivity index (χ1v) is 7.74. The lowest BCUT2D eigenvalue weighted by molar-refractivity contribution is -0.148. The van der Waals surface area contributed by atoms with E-state index in [4.69, 9.17) is 4.74 Å². The quantitative estimate of drug-likeness (QED) is 0.699. The van der Waals surface area contributed by atoms with Gasteiger partial charge in [-0.15, -0.1) is 0 Å². The first-order valence-electron chi connectivity index (χ1n) is 7.74. The van der Waals surface area contributed by atoms with Crippen molar-refractivity contribution < 1.29 is 19.4 Å². The summed E-state index contributed by atoms with van der Waals surface area (Å²) in [6.45, 7) is 2.60. The van der Waals surface area contributed by atoms with Crippen molar-refractivity contribution >= 4 is 11.9 Å². The van der Waals surface area contributed by atoms with Gasteiger partial charge in [0.15, 0.2) is 0 Å². The third-order valence-corrected chi connectivity index (χ3v) is 4.95. The molecule has 3 heterocycles. The molecule has 1 aromatic rings. The Hall–Kier alpha value is -2.26. The molecule has 2 fully saturated rings.